The van der Waals surface area contributed by atoms with E-state index in [0.29, 0.717) is 0 Å². The fourth-order valence-corrected chi connectivity index (χ4v) is 2.33. The molecule has 0 aliphatic heterocycles. The second-order valence-corrected chi connectivity index (χ2v) is 4.74. The van der Waals surface area contributed by atoms with Crippen molar-refractivity contribution in [1.82, 2.24) is 0 Å². The Bertz CT molecular complexity index is 207. The van der Waals surface area contributed by atoms with Crippen LogP contribution < -0.4 is 0 Å². The van der Waals surface area contributed by atoms with Gasteiger partial charge < -0.3 is 4.74 Å². The fourth-order valence-electron chi connectivity index (χ4n) is 2.33. The first kappa shape index (κ1) is 10.8. The maximum atomic E-state index is 5.33. The van der Waals surface area contributed by atoms with E-state index in [1.165, 1.54) is 12.0 Å². The molecule has 0 aromatic carbocycles. The van der Waals surface area contributed by atoms with Gasteiger partial charge in [-0.1, -0.05) is 32.4 Å². The summed E-state index contributed by atoms with van der Waals surface area (Å²) in [6.07, 6.45) is 3.61. The average Bonchev–Trinajstić information content (AvgIpc) is 2.10. The summed E-state index contributed by atoms with van der Waals surface area (Å²) in [7, 11) is 1.80. The summed E-state index contributed by atoms with van der Waals surface area (Å²) >= 11 is 0. The van der Waals surface area contributed by atoms with Crippen LogP contribution in [-0.2, 0) is 4.74 Å². The van der Waals surface area contributed by atoms with Crippen LogP contribution >= 0.6 is 0 Å². The first-order chi connectivity index (χ1) is 6.02. The van der Waals surface area contributed by atoms with Crippen LogP contribution in [0.5, 0.6) is 0 Å². The van der Waals surface area contributed by atoms with Crippen molar-refractivity contribution in [2.45, 2.75) is 34.1 Å². The summed E-state index contributed by atoms with van der Waals surface area (Å²) < 4.78 is 5.33. The topological polar surface area (TPSA) is 9.23 Å². The monoisotopic (exact) mass is 182 g/mol. The third-order valence-electron chi connectivity index (χ3n) is 4.00. The predicted molar refractivity (Wildman–Crippen MR) is 56.7 cm³/mol. The number of allylic oxidation sites excluding steroid dienone is 1. The third-order valence-corrected chi connectivity index (χ3v) is 4.00. The lowest BCUT2D eigenvalue weighted by Gasteiger charge is -2.42. The minimum Gasteiger partial charge on any atom is -0.384 e. The lowest BCUT2D eigenvalue weighted by Crippen LogP contribution is -2.37. The molecule has 0 spiro atoms. The maximum Gasteiger partial charge on any atom is 0.0555 e. The van der Waals surface area contributed by atoms with Gasteiger partial charge in [0.15, 0.2) is 0 Å². The summed E-state index contributed by atoms with van der Waals surface area (Å²) in [5.41, 5.74) is 1.76. The van der Waals surface area contributed by atoms with Gasteiger partial charge in [0.2, 0.25) is 0 Å². The summed E-state index contributed by atoms with van der Waals surface area (Å²) in [6, 6.07) is 0. The molecule has 76 valence electrons. The third kappa shape index (κ3) is 1.80. The molecule has 1 rings (SSSR count). The van der Waals surface area contributed by atoms with E-state index in [2.05, 4.69) is 33.8 Å². The molecule has 0 heterocycles. The molecule has 0 aromatic heterocycles. The summed E-state index contributed by atoms with van der Waals surface area (Å²) in [5.74, 6) is 1.50. The highest BCUT2D eigenvalue weighted by Crippen LogP contribution is 2.44. The van der Waals surface area contributed by atoms with Crippen molar-refractivity contribution in [3.8, 4) is 0 Å². The Labute approximate surface area is 82.2 Å². The molecule has 0 amide bonds. The van der Waals surface area contributed by atoms with E-state index < -0.39 is 0 Å². The average molecular weight is 182 g/mol. The Morgan fingerprint density at radius 3 is 2.69 bits per heavy atom. The van der Waals surface area contributed by atoms with E-state index >= 15 is 0 Å². The molecule has 3 unspecified atom stereocenters. The van der Waals surface area contributed by atoms with Crippen LogP contribution in [0.25, 0.3) is 0 Å². The maximum absolute atomic E-state index is 5.33. The fraction of sp³-hybridized carbons (Fsp3) is 0.833. The van der Waals surface area contributed by atoms with Crippen LogP contribution in [0.1, 0.15) is 34.1 Å². The van der Waals surface area contributed by atoms with E-state index in [9.17, 15) is 0 Å². The molecule has 0 radical (unpaired) electrons. The van der Waals surface area contributed by atoms with Crippen molar-refractivity contribution >= 4 is 0 Å². The smallest absolute Gasteiger partial charge is 0.0555 e. The molecule has 0 saturated carbocycles. The van der Waals surface area contributed by atoms with E-state index in [-0.39, 0.29) is 5.41 Å². The van der Waals surface area contributed by atoms with Gasteiger partial charge in [0.1, 0.15) is 0 Å². The van der Waals surface area contributed by atoms with Crippen LogP contribution in [0.2, 0.25) is 0 Å². The summed E-state index contributed by atoms with van der Waals surface area (Å²) in [6.45, 7) is 10.1. The molecule has 0 fully saturated rings. The van der Waals surface area contributed by atoms with Crippen molar-refractivity contribution < 1.29 is 4.74 Å². The molecule has 0 bridgehead atoms. The Morgan fingerprint density at radius 1 is 1.54 bits per heavy atom. The highest BCUT2D eigenvalue weighted by atomic mass is 16.5. The highest BCUT2D eigenvalue weighted by molar-refractivity contribution is 5.17. The lowest BCUT2D eigenvalue weighted by molar-refractivity contribution is 0.0511. The Morgan fingerprint density at radius 2 is 2.15 bits per heavy atom. The second-order valence-electron chi connectivity index (χ2n) is 4.74. The second kappa shape index (κ2) is 3.83. The summed E-state index contributed by atoms with van der Waals surface area (Å²) in [5, 5.41) is 0. The van der Waals surface area contributed by atoms with E-state index in [1.807, 2.05) is 0 Å². The van der Waals surface area contributed by atoms with Gasteiger partial charge in [0.05, 0.1) is 6.61 Å². The molecule has 13 heavy (non-hydrogen) atoms. The van der Waals surface area contributed by atoms with Crippen molar-refractivity contribution in [3.05, 3.63) is 11.6 Å². The number of hydrogen-bond acceptors (Lipinski definition) is 1. The van der Waals surface area contributed by atoms with Gasteiger partial charge in [-0.2, -0.15) is 0 Å². The van der Waals surface area contributed by atoms with E-state index in [1.54, 1.807) is 7.11 Å². The Balaban J connectivity index is 2.89. The largest absolute Gasteiger partial charge is 0.384 e. The molecule has 0 N–H and O–H groups in total. The van der Waals surface area contributed by atoms with E-state index in [4.69, 9.17) is 4.74 Å². The zero-order valence-corrected chi connectivity index (χ0v) is 9.55. The predicted octanol–water partition coefficient (Wildman–Crippen LogP) is 3.26. The molecule has 0 saturated heterocycles. The van der Waals surface area contributed by atoms with Crippen molar-refractivity contribution in [2.24, 2.45) is 17.3 Å². The van der Waals surface area contributed by atoms with E-state index in [0.717, 1.165) is 18.4 Å². The minimum absolute atomic E-state index is 0.256. The SMILES string of the molecule is COCC1(C)C(C)=CCC(C)C1C. The molecule has 3 atom stereocenters. The number of ether oxygens (including phenoxy) is 1. The first-order valence-corrected chi connectivity index (χ1v) is 5.18. The van der Waals surface area contributed by atoms with Crippen LogP contribution in [0.4, 0.5) is 0 Å². The number of hydrogen-bond donors (Lipinski definition) is 0. The van der Waals surface area contributed by atoms with Crippen molar-refractivity contribution in [2.75, 3.05) is 13.7 Å². The Kier molecular flexibility index (Phi) is 3.18. The first-order valence-electron chi connectivity index (χ1n) is 5.18. The number of methoxy groups -OCH3 is 1. The molecule has 1 aliphatic rings. The van der Waals surface area contributed by atoms with Gasteiger partial charge in [-0.05, 0) is 25.2 Å². The van der Waals surface area contributed by atoms with Crippen LogP contribution in [0.3, 0.4) is 0 Å². The molecular formula is C12H22O. The Hall–Kier alpha value is -0.300. The lowest BCUT2D eigenvalue weighted by atomic mass is 9.64. The number of rotatable bonds is 2. The van der Waals surface area contributed by atoms with Crippen molar-refractivity contribution in [3.63, 3.8) is 0 Å². The van der Waals surface area contributed by atoms with Gasteiger partial charge in [-0.15, -0.1) is 0 Å². The zero-order chi connectivity index (χ0) is 10.1. The zero-order valence-electron chi connectivity index (χ0n) is 9.55. The molecule has 1 heteroatoms. The quantitative estimate of drug-likeness (QED) is 0.596. The van der Waals surface area contributed by atoms with Gasteiger partial charge in [-0.3, -0.25) is 0 Å². The standard InChI is InChI=1S/C12H22O/c1-9-6-7-10(2)12(4,8-13-5)11(9)3/h7,9,11H,6,8H2,1-5H3. The van der Waals surface area contributed by atoms with Crippen LogP contribution in [0, 0.1) is 17.3 Å². The van der Waals surface area contributed by atoms with Crippen molar-refractivity contribution in [1.29, 1.82) is 0 Å². The normalized spacial score (nSPS) is 40.2. The molecular weight excluding hydrogens is 160 g/mol. The van der Waals surface area contributed by atoms with Crippen LogP contribution in [-0.4, -0.2) is 13.7 Å². The molecule has 1 nitrogen and oxygen atoms in total. The van der Waals surface area contributed by atoms with Crippen LogP contribution in [0.15, 0.2) is 11.6 Å². The van der Waals surface area contributed by atoms with Gasteiger partial charge >= 0.3 is 0 Å². The minimum atomic E-state index is 0.256. The van der Waals surface area contributed by atoms with Gasteiger partial charge in [0.25, 0.3) is 0 Å². The van der Waals surface area contributed by atoms with Gasteiger partial charge in [0, 0.05) is 12.5 Å². The molecule has 0 aromatic rings. The summed E-state index contributed by atoms with van der Waals surface area (Å²) in [4.78, 5) is 0. The molecule has 1 aliphatic carbocycles. The van der Waals surface area contributed by atoms with Gasteiger partial charge in [-0.25, -0.2) is 0 Å². The highest BCUT2D eigenvalue weighted by Gasteiger charge is 2.38.